The van der Waals surface area contributed by atoms with Crippen LogP contribution in [0.15, 0.2) is 53.4 Å². The molecule has 0 aliphatic carbocycles. The van der Waals surface area contributed by atoms with E-state index in [1.165, 1.54) is 0 Å². The number of nitriles is 1. The highest BCUT2D eigenvalue weighted by atomic mass is 32.2. The number of hydrogen-bond donors (Lipinski definition) is 2. The summed E-state index contributed by atoms with van der Waals surface area (Å²) in [5.74, 6) is -0.744. The van der Waals surface area contributed by atoms with Crippen molar-refractivity contribution in [3.8, 4) is 11.2 Å². The van der Waals surface area contributed by atoms with Gasteiger partial charge in [0, 0.05) is 17.1 Å². The third kappa shape index (κ3) is 5.04. The second kappa shape index (κ2) is 8.60. The third-order valence-electron chi connectivity index (χ3n) is 3.09. The molecule has 2 N–H and O–H groups in total. The Bertz CT molecular complexity index is 752. The Labute approximate surface area is 143 Å². The predicted molar refractivity (Wildman–Crippen MR) is 91.4 cm³/mol. The molecule has 0 heterocycles. The summed E-state index contributed by atoms with van der Waals surface area (Å²) in [6, 6.07) is 13.8. The van der Waals surface area contributed by atoms with Gasteiger partial charge in [0.1, 0.15) is 11.2 Å². The maximum Gasteiger partial charge on any atom is 0.313 e. The molecule has 0 unspecified atom stereocenters. The molecule has 7 heteroatoms. The van der Waals surface area contributed by atoms with Gasteiger partial charge in [-0.1, -0.05) is 12.1 Å². The van der Waals surface area contributed by atoms with Gasteiger partial charge in [-0.25, -0.2) is 0 Å². The van der Waals surface area contributed by atoms with Crippen LogP contribution in [0.25, 0.3) is 0 Å². The summed E-state index contributed by atoms with van der Waals surface area (Å²) in [4.78, 5) is 24.4. The molecule has 0 saturated heterocycles. The van der Waals surface area contributed by atoms with Gasteiger partial charge < -0.3 is 15.4 Å². The molecule has 122 valence electrons. The van der Waals surface area contributed by atoms with Crippen molar-refractivity contribution in [1.29, 1.82) is 5.26 Å². The van der Waals surface area contributed by atoms with Crippen LogP contribution in [-0.4, -0.2) is 18.9 Å². The molecule has 0 saturated carbocycles. The molecule has 2 aromatic rings. The minimum Gasteiger partial charge on any atom is -0.497 e. The molecule has 2 aromatic carbocycles. The molecule has 0 atom stereocenters. The fourth-order valence-corrected chi connectivity index (χ4v) is 2.23. The van der Waals surface area contributed by atoms with Crippen molar-refractivity contribution < 1.29 is 14.3 Å². The largest absolute Gasteiger partial charge is 0.497 e. The van der Waals surface area contributed by atoms with Gasteiger partial charge in [0.2, 0.25) is 0 Å². The summed E-state index contributed by atoms with van der Waals surface area (Å²) >= 11 is 1.02. The van der Waals surface area contributed by atoms with Gasteiger partial charge in [-0.3, -0.25) is 9.59 Å². The monoisotopic (exact) mass is 341 g/mol. The average molecular weight is 341 g/mol. The molecule has 0 fully saturated rings. The lowest BCUT2D eigenvalue weighted by Gasteiger charge is -2.07. The summed E-state index contributed by atoms with van der Waals surface area (Å²) in [7, 11) is 1.58. The van der Waals surface area contributed by atoms with Crippen molar-refractivity contribution >= 4 is 29.3 Å². The second-order valence-corrected chi connectivity index (χ2v) is 5.56. The molecule has 0 spiro atoms. The first-order valence-electron chi connectivity index (χ1n) is 7.00. The van der Waals surface area contributed by atoms with Crippen molar-refractivity contribution in [3.63, 3.8) is 0 Å². The highest BCUT2D eigenvalue weighted by Crippen LogP contribution is 2.18. The Morgan fingerprint density at radius 2 is 1.75 bits per heavy atom. The maximum atomic E-state index is 11.8. The van der Waals surface area contributed by atoms with Crippen LogP contribution in [0, 0.1) is 10.7 Å². The molecule has 0 bridgehead atoms. The van der Waals surface area contributed by atoms with Crippen LogP contribution in [0.4, 0.5) is 5.69 Å². The lowest BCUT2D eigenvalue weighted by molar-refractivity contribution is -0.136. The number of nitrogens with one attached hydrogen (secondary N) is 2. The van der Waals surface area contributed by atoms with Gasteiger partial charge in [-0.2, -0.15) is 5.26 Å². The Balaban J connectivity index is 1.85. The number of anilines is 1. The van der Waals surface area contributed by atoms with Crippen molar-refractivity contribution in [2.24, 2.45) is 0 Å². The lowest BCUT2D eigenvalue weighted by Crippen LogP contribution is -2.34. The molecule has 0 aliphatic heterocycles. The number of carbonyl (C=O) groups is 2. The minimum absolute atomic E-state index is 0.244. The summed E-state index contributed by atoms with van der Waals surface area (Å²) in [5, 5.41) is 15.6. The van der Waals surface area contributed by atoms with Crippen molar-refractivity contribution in [2.45, 2.75) is 11.4 Å². The number of nitrogens with zero attached hydrogens (tertiary/aromatic N) is 1. The highest BCUT2D eigenvalue weighted by molar-refractivity contribution is 8.03. The van der Waals surface area contributed by atoms with Gasteiger partial charge in [-0.15, -0.1) is 0 Å². The van der Waals surface area contributed by atoms with Gasteiger partial charge >= 0.3 is 11.8 Å². The van der Waals surface area contributed by atoms with E-state index in [-0.39, 0.29) is 6.54 Å². The Morgan fingerprint density at radius 1 is 1.08 bits per heavy atom. The number of amides is 2. The van der Waals surface area contributed by atoms with E-state index >= 15 is 0 Å². The summed E-state index contributed by atoms with van der Waals surface area (Å²) in [6.45, 7) is 0.244. The molecule has 0 aromatic heterocycles. The van der Waals surface area contributed by atoms with Gasteiger partial charge in [-0.05, 0) is 53.7 Å². The number of thiocyanates is 1. The van der Waals surface area contributed by atoms with Crippen molar-refractivity contribution in [3.05, 3.63) is 54.1 Å². The number of methoxy groups -OCH3 is 1. The van der Waals surface area contributed by atoms with Gasteiger partial charge in [0.25, 0.3) is 0 Å². The van der Waals surface area contributed by atoms with E-state index in [0.717, 1.165) is 28.0 Å². The van der Waals surface area contributed by atoms with Crippen LogP contribution in [0.5, 0.6) is 5.75 Å². The fraction of sp³-hybridized carbons (Fsp3) is 0.118. The Morgan fingerprint density at radius 3 is 2.33 bits per heavy atom. The van der Waals surface area contributed by atoms with Gasteiger partial charge in [0.15, 0.2) is 0 Å². The van der Waals surface area contributed by atoms with E-state index in [1.54, 1.807) is 43.5 Å². The smallest absolute Gasteiger partial charge is 0.313 e. The van der Waals surface area contributed by atoms with E-state index in [4.69, 9.17) is 10.00 Å². The van der Waals surface area contributed by atoms with E-state index in [2.05, 4.69) is 10.6 Å². The molecule has 0 aliphatic rings. The Kier molecular flexibility index (Phi) is 6.23. The zero-order valence-corrected chi connectivity index (χ0v) is 13.7. The number of carbonyl (C=O) groups excluding carboxylic acids is 2. The van der Waals surface area contributed by atoms with Gasteiger partial charge in [0.05, 0.1) is 7.11 Å². The molecule has 6 nitrogen and oxygen atoms in total. The number of thioether (sulfide) groups is 1. The minimum atomic E-state index is -0.746. The fourth-order valence-electron chi connectivity index (χ4n) is 1.85. The number of rotatable bonds is 5. The molecule has 2 amide bonds. The van der Waals surface area contributed by atoms with E-state index < -0.39 is 11.8 Å². The SMILES string of the molecule is COc1ccc(CNC(=O)C(=O)Nc2ccc(SC#N)cc2)cc1. The highest BCUT2D eigenvalue weighted by Gasteiger charge is 2.13. The summed E-state index contributed by atoms with van der Waals surface area (Å²) < 4.78 is 5.05. The standard InChI is InChI=1S/C17H15N3O3S/c1-23-14-6-2-12(3-7-14)10-19-16(21)17(22)20-13-4-8-15(9-5-13)24-11-18/h2-9H,10H2,1H3,(H,19,21)(H,20,22). The number of hydrogen-bond acceptors (Lipinski definition) is 5. The zero-order chi connectivity index (χ0) is 17.4. The van der Waals surface area contributed by atoms with Crippen molar-refractivity contribution in [2.75, 3.05) is 12.4 Å². The average Bonchev–Trinajstić information content (AvgIpc) is 2.62. The molecule has 2 rings (SSSR count). The molecule has 24 heavy (non-hydrogen) atoms. The van der Waals surface area contributed by atoms with Crippen LogP contribution in [0.1, 0.15) is 5.56 Å². The predicted octanol–water partition coefficient (Wildman–Crippen LogP) is 2.52. The number of ether oxygens (including phenoxy) is 1. The van der Waals surface area contributed by atoms with Crippen LogP contribution in [0.3, 0.4) is 0 Å². The normalized spacial score (nSPS) is 9.67. The Hall–Kier alpha value is -2.98. The first-order chi connectivity index (χ1) is 11.6. The quantitative estimate of drug-likeness (QED) is 0.495. The van der Waals surface area contributed by atoms with Crippen LogP contribution in [0.2, 0.25) is 0 Å². The van der Waals surface area contributed by atoms with E-state index in [9.17, 15) is 9.59 Å². The topological polar surface area (TPSA) is 91.2 Å². The summed E-state index contributed by atoms with van der Waals surface area (Å²) in [5.41, 5.74) is 1.34. The molecule has 0 radical (unpaired) electrons. The lowest BCUT2D eigenvalue weighted by atomic mass is 10.2. The summed E-state index contributed by atoms with van der Waals surface area (Å²) in [6.07, 6.45) is 0. The molecular weight excluding hydrogens is 326 g/mol. The number of benzene rings is 2. The van der Waals surface area contributed by atoms with E-state index in [1.807, 2.05) is 17.5 Å². The third-order valence-corrected chi connectivity index (χ3v) is 3.69. The van der Waals surface area contributed by atoms with Crippen LogP contribution >= 0.6 is 11.8 Å². The second-order valence-electron chi connectivity index (χ2n) is 4.70. The first-order valence-corrected chi connectivity index (χ1v) is 7.82. The maximum absolute atomic E-state index is 11.8. The van der Waals surface area contributed by atoms with Crippen LogP contribution < -0.4 is 15.4 Å². The first kappa shape index (κ1) is 17.4. The van der Waals surface area contributed by atoms with Crippen LogP contribution in [-0.2, 0) is 16.1 Å². The van der Waals surface area contributed by atoms with E-state index in [0.29, 0.717) is 5.69 Å². The molecular formula is C17H15N3O3S. The van der Waals surface area contributed by atoms with Crippen molar-refractivity contribution in [1.82, 2.24) is 5.32 Å². The zero-order valence-electron chi connectivity index (χ0n) is 12.9.